The molecule has 0 unspecified atom stereocenters. The van der Waals surface area contributed by atoms with Crippen molar-refractivity contribution in [1.82, 2.24) is 9.88 Å². The maximum absolute atomic E-state index is 5.89. The quantitative estimate of drug-likeness (QED) is 0.766. The van der Waals surface area contributed by atoms with Crippen molar-refractivity contribution in [2.45, 2.75) is 13.8 Å². The Balaban J connectivity index is 2.47. The molecule has 0 fully saturated rings. The van der Waals surface area contributed by atoms with E-state index in [1.807, 2.05) is 13.0 Å². The minimum atomic E-state index is 0.747. The molecule has 84 valence electrons. The average Bonchev–Trinajstić information content (AvgIpc) is 2.24. The van der Waals surface area contributed by atoms with Gasteiger partial charge in [-0.1, -0.05) is 6.92 Å². The lowest BCUT2D eigenvalue weighted by atomic mass is 10.2. The van der Waals surface area contributed by atoms with E-state index in [1.54, 1.807) is 6.20 Å². The van der Waals surface area contributed by atoms with Gasteiger partial charge in [-0.3, -0.25) is 0 Å². The smallest absolute Gasteiger partial charge is 0.149 e. The molecule has 0 aliphatic carbocycles. The molecule has 0 atom stereocenters. The maximum Gasteiger partial charge on any atom is 0.149 e. The predicted octanol–water partition coefficient (Wildman–Crippen LogP) is 1.34. The first-order chi connectivity index (χ1) is 7.15. The van der Waals surface area contributed by atoms with Crippen LogP contribution in [0.25, 0.3) is 0 Å². The summed E-state index contributed by atoms with van der Waals surface area (Å²) in [7, 11) is 2.09. The standard InChI is InChI=1S/C11H20N4/c1-4-15(3)8-7-14-11-10(12)9(2)5-6-13-11/h5-6H,4,7-8,12H2,1-3H3,(H,13,14). The van der Waals surface area contributed by atoms with E-state index in [4.69, 9.17) is 5.73 Å². The van der Waals surface area contributed by atoms with Gasteiger partial charge in [-0.2, -0.15) is 0 Å². The molecule has 0 aliphatic rings. The van der Waals surface area contributed by atoms with Gasteiger partial charge in [0.05, 0.1) is 5.69 Å². The molecule has 1 aromatic rings. The monoisotopic (exact) mass is 208 g/mol. The molecular formula is C11H20N4. The van der Waals surface area contributed by atoms with Gasteiger partial charge in [-0.25, -0.2) is 4.98 Å². The van der Waals surface area contributed by atoms with Crippen LogP contribution >= 0.6 is 0 Å². The Hall–Kier alpha value is -1.29. The molecule has 0 saturated heterocycles. The number of nitrogens with one attached hydrogen (secondary N) is 1. The zero-order valence-electron chi connectivity index (χ0n) is 9.75. The number of nitrogens with two attached hydrogens (primary N) is 1. The van der Waals surface area contributed by atoms with E-state index in [1.165, 1.54) is 0 Å². The number of pyridine rings is 1. The van der Waals surface area contributed by atoms with Crippen molar-refractivity contribution >= 4 is 11.5 Å². The number of anilines is 2. The molecule has 1 heterocycles. The summed E-state index contributed by atoms with van der Waals surface area (Å²) >= 11 is 0. The van der Waals surface area contributed by atoms with Crippen LogP contribution in [0.5, 0.6) is 0 Å². The molecule has 4 nitrogen and oxygen atoms in total. The van der Waals surface area contributed by atoms with E-state index in [2.05, 4.69) is 29.2 Å². The summed E-state index contributed by atoms with van der Waals surface area (Å²) < 4.78 is 0. The minimum absolute atomic E-state index is 0.747. The third kappa shape index (κ3) is 3.40. The van der Waals surface area contributed by atoms with E-state index in [0.717, 1.165) is 36.7 Å². The van der Waals surface area contributed by atoms with Crippen molar-refractivity contribution in [3.8, 4) is 0 Å². The average molecular weight is 208 g/mol. The number of nitrogens with zero attached hydrogens (tertiary/aromatic N) is 2. The number of hydrogen-bond donors (Lipinski definition) is 2. The summed E-state index contributed by atoms with van der Waals surface area (Å²) in [6.45, 7) is 7.04. The first-order valence-corrected chi connectivity index (χ1v) is 5.28. The first-order valence-electron chi connectivity index (χ1n) is 5.28. The third-order valence-electron chi connectivity index (χ3n) is 2.53. The predicted molar refractivity (Wildman–Crippen MR) is 65.0 cm³/mol. The van der Waals surface area contributed by atoms with Gasteiger partial charge in [0.15, 0.2) is 0 Å². The van der Waals surface area contributed by atoms with Crippen LogP contribution in [0, 0.1) is 6.92 Å². The lowest BCUT2D eigenvalue weighted by molar-refractivity contribution is 0.367. The van der Waals surface area contributed by atoms with Crippen LogP contribution in [0.3, 0.4) is 0 Å². The van der Waals surface area contributed by atoms with Crippen LogP contribution in [-0.4, -0.2) is 36.6 Å². The van der Waals surface area contributed by atoms with Crippen molar-refractivity contribution in [3.63, 3.8) is 0 Å². The SMILES string of the molecule is CCN(C)CCNc1nccc(C)c1N. The zero-order valence-corrected chi connectivity index (χ0v) is 9.75. The summed E-state index contributed by atoms with van der Waals surface area (Å²) in [5.74, 6) is 0.791. The number of aromatic nitrogens is 1. The Morgan fingerprint density at radius 3 is 2.93 bits per heavy atom. The van der Waals surface area contributed by atoms with Crippen molar-refractivity contribution in [2.24, 2.45) is 0 Å². The highest BCUT2D eigenvalue weighted by Crippen LogP contribution is 2.17. The van der Waals surface area contributed by atoms with Crippen LogP contribution in [0.15, 0.2) is 12.3 Å². The molecule has 0 saturated carbocycles. The van der Waals surface area contributed by atoms with Gasteiger partial charge < -0.3 is 16.0 Å². The summed E-state index contributed by atoms with van der Waals surface area (Å²) in [6, 6.07) is 1.92. The highest BCUT2D eigenvalue weighted by atomic mass is 15.1. The number of nitrogen functional groups attached to an aromatic ring is 1. The Kier molecular flexibility index (Phi) is 4.37. The Bertz CT molecular complexity index is 311. The molecule has 0 spiro atoms. The second-order valence-corrected chi connectivity index (χ2v) is 3.71. The van der Waals surface area contributed by atoms with E-state index in [0.29, 0.717) is 0 Å². The Morgan fingerprint density at radius 1 is 1.53 bits per heavy atom. The largest absolute Gasteiger partial charge is 0.396 e. The molecule has 4 heteroatoms. The van der Waals surface area contributed by atoms with Crippen molar-refractivity contribution in [1.29, 1.82) is 0 Å². The second kappa shape index (κ2) is 5.56. The molecule has 0 bridgehead atoms. The molecular weight excluding hydrogens is 188 g/mol. The van der Waals surface area contributed by atoms with Gasteiger partial charge in [-0.05, 0) is 32.1 Å². The topological polar surface area (TPSA) is 54.2 Å². The van der Waals surface area contributed by atoms with Crippen LogP contribution in [-0.2, 0) is 0 Å². The molecule has 0 aliphatic heterocycles. The molecule has 0 amide bonds. The number of aryl methyl sites for hydroxylation is 1. The van der Waals surface area contributed by atoms with Gasteiger partial charge in [0.1, 0.15) is 5.82 Å². The number of rotatable bonds is 5. The molecule has 0 aromatic carbocycles. The number of hydrogen-bond acceptors (Lipinski definition) is 4. The Morgan fingerprint density at radius 2 is 2.27 bits per heavy atom. The van der Waals surface area contributed by atoms with Crippen molar-refractivity contribution in [2.75, 3.05) is 37.7 Å². The van der Waals surface area contributed by atoms with Crippen LogP contribution < -0.4 is 11.1 Å². The fourth-order valence-electron chi connectivity index (χ4n) is 1.23. The molecule has 15 heavy (non-hydrogen) atoms. The fraction of sp³-hybridized carbons (Fsp3) is 0.545. The molecule has 0 radical (unpaired) electrons. The molecule has 1 rings (SSSR count). The molecule has 3 N–H and O–H groups in total. The first kappa shape index (κ1) is 11.8. The molecule has 1 aromatic heterocycles. The van der Waals surface area contributed by atoms with E-state index < -0.39 is 0 Å². The zero-order chi connectivity index (χ0) is 11.3. The van der Waals surface area contributed by atoms with Gasteiger partial charge >= 0.3 is 0 Å². The van der Waals surface area contributed by atoms with E-state index in [9.17, 15) is 0 Å². The highest BCUT2D eigenvalue weighted by Gasteiger charge is 2.02. The van der Waals surface area contributed by atoms with E-state index in [-0.39, 0.29) is 0 Å². The van der Waals surface area contributed by atoms with Gasteiger partial charge in [-0.15, -0.1) is 0 Å². The van der Waals surface area contributed by atoms with Crippen LogP contribution in [0.2, 0.25) is 0 Å². The van der Waals surface area contributed by atoms with E-state index >= 15 is 0 Å². The Labute approximate surface area is 91.5 Å². The summed E-state index contributed by atoms with van der Waals surface area (Å²) in [5.41, 5.74) is 7.71. The number of likely N-dealkylation sites (N-methyl/N-ethyl adjacent to an activating group) is 1. The second-order valence-electron chi connectivity index (χ2n) is 3.71. The van der Waals surface area contributed by atoms with Crippen molar-refractivity contribution in [3.05, 3.63) is 17.8 Å². The highest BCUT2D eigenvalue weighted by molar-refractivity contribution is 5.64. The summed E-state index contributed by atoms with van der Waals surface area (Å²) in [4.78, 5) is 6.44. The van der Waals surface area contributed by atoms with Crippen molar-refractivity contribution < 1.29 is 0 Å². The van der Waals surface area contributed by atoms with Gasteiger partial charge in [0.25, 0.3) is 0 Å². The third-order valence-corrected chi connectivity index (χ3v) is 2.53. The van der Waals surface area contributed by atoms with Gasteiger partial charge in [0.2, 0.25) is 0 Å². The summed E-state index contributed by atoms with van der Waals surface area (Å²) in [5, 5.41) is 3.24. The normalized spacial score (nSPS) is 10.7. The maximum atomic E-state index is 5.89. The van der Waals surface area contributed by atoms with Crippen LogP contribution in [0.1, 0.15) is 12.5 Å². The fourth-order valence-corrected chi connectivity index (χ4v) is 1.23. The minimum Gasteiger partial charge on any atom is -0.396 e. The van der Waals surface area contributed by atoms with Crippen LogP contribution in [0.4, 0.5) is 11.5 Å². The lowest BCUT2D eigenvalue weighted by Crippen LogP contribution is -2.25. The van der Waals surface area contributed by atoms with Gasteiger partial charge in [0, 0.05) is 19.3 Å². The summed E-state index contributed by atoms with van der Waals surface area (Å²) in [6.07, 6.45) is 1.78. The lowest BCUT2D eigenvalue weighted by Gasteiger charge is -2.15.